The number of ether oxygens (including phenoxy) is 2. The van der Waals surface area contributed by atoms with Crippen molar-refractivity contribution < 1.29 is 14.3 Å². The monoisotopic (exact) mass is 393 g/mol. The summed E-state index contributed by atoms with van der Waals surface area (Å²) in [6.07, 6.45) is 1.81. The third-order valence-corrected chi connectivity index (χ3v) is 5.37. The molecule has 1 N–H and O–H groups in total. The van der Waals surface area contributed by atoms with Gasteiger partial charge >= 0.3 is 0 Å². The molecule has 29 heavy (non-hydrogen) atoms. The molecule has 1 amide bonds. The fourth-order valence-corrected chi connectivity index (χ4v) is 3.89. The van der Waals surface area contributed by atoms with Crippen LogP contribution in [0, 0.1) is 0 Å². The van der Waals surface area contributed by atoms with Crippen LogP contribution in [-0.2, 0) is 0 Å². The Labute approximate surface area is 170 Å². The first-order chi connectivity index (χ1) is 14.2. The Bertz CT molecular complexity index is 957. The predicted molar refractivity (Wildman–Crippen MR) is 113 cm³/mol. The molecule has 1 aliphatic heterocycles. The van der Waals surface area contributed by atoms with E-state index in [1.54, 1.807) is 6.07 Å². The molecule has 6 nitrogen and oxygen atoms in total. The standard InChI is InChI=1S/C23H27N3O3/c1-3-28-20-10-9-17(15-21(20)29-4-2)23(27)26-13-11-16(12-14-26)22-24-18-7-5-6-8-19(18)25-22/h5-10,15-16H,3-4,11-14H2,1-2H3,(H,24,25). The van der Waals surface area contributed by atoms with Crippen LogP contribution >= 0.6 is 0 Å². The van der Waals surface area contributed by atoms with E-state index in [2.05, 4.69) is 4.98 Å². The number of amides is 1. The van der Waals surface area contributed by atoms with Gasteiger partial charge in [0.25, 0.3) is 5.91 Å². The number of benzene rings is 2. The summed E-state index contributed by atoms with van der Waals surface area (Å²) in [6.45, 7) is 6.38. The van der Waals surface area contributed by atoms with Crippen molar-refractivity contribution in [3.05, 3.63) is 53.9 Å². The highest BCUT2D eigenvalue weighted by molar-refractivity contribution is 5.95. The molecule has 0 saturated carbocycles. The van der Waals surface area contributed by atoms with Gasteiger partial charge in [-0.3, -0.25) is 4.79 Å². The number of fused-ring (bicyclic) bond motifs is 1. The van der Waals surface area contributed by atoms with E-state index < -0.39 is 0 Å². The molecule has 152 valence electrons. The average molecular weight is 393 g/mol. The van der Waals surface area contributed by atoms with Crippen molar-refractivity contribution >= 4 is 16.9 Å². The molecule has 1 aliphatic rings. The molecule has 0 atom stereocenters. The fourth-order valence-electron chi connectivity index (χ4n) is 3.89. The molecule has 1 aromatic heterocycles. The zero-order valence-corrected chi connectivity index (χ0v) is 17.0. The number of rotatable bonds is 6. The summed E-state index contributed by atoms with van der Waals surface area (Å²) in [5.74, 6) is 2.72. The lowest BCUT2D eigenvalue weighted by atomic mass is 9.95. The molecule has 2 heterocycles. The van der Waals surface area contributed by atoms with Crippen LogP contribution in [0.15, 0.2) is 42.5 Å². The highest BCUT2D eigenvalue weighted by atomic mass is 16.5. The van der Waals surface area contributed by atoms with Crippen LogP contribution in [0.3, 0.4) is 0 Å². The van der Waals surface area contributed by atoms with E-state index >= 15 is 0 Å². The maximum absolute atomic E-state index is 13.0. The number of nitrogens with one attached hydrogen (secondary N) is 1. The third-order valence-electron chi connectivity index (χ3n) is 5.37. The number of aromatic amines is 1. The summed E-state index contributed by atoms with van der Waals surface area (Å²) in [5, 5.41) is 0. The van der Waals surface area contributed by atoms with Crippen LogP contribution < -0.4 is 9.47 Å². The second-order valence-corrected chi connectivity index (χ2v) is 7.23. The zero-order valence-electron chi connectivity index (χ0n) is 17.0. The molecule has 1 fully saturated rings. The number of hydrogen-bond donors (Lipinski definition) is 1. The van der Waals surface area contributed by atoms with Gasteiger partial charge < -0.3 is 19.4 Å². The maximum Gasteiger partial charge on any atom is 0.253 e. The number of carbonyl (C=O) groups is 1. The number of nitrogens with zero attached hydrogens (tertiary/aromatic N) is 2. The molecular weight excluding hydrogens is 366 g/mol. The summed E-state index contributed by atoms with van der Waals surface area (Å²) in [4.78, 5) is 23.1. The van der Waals surface area contributed by atoms with Crippen LogP contribution in [0.25, 0.3) is 11.0 Å². The normalized spacial score (nSPS) is 14.9. The van der Waals surface area contributed by atoms with Crippen molar-refractivity contribution in [2.45, 2.75) is 32.6 Å². The summed E-state index contributed by atoms with van der Waals surface area (Å²) in [6, 6.07) is 13.5. The van der Waals surface area contributed by atoms with Gasteiger partial charge in [0.2, 0.25) is 0 Å². The second kappa shape index (κ2) is 8.55. The Morgan fingerprint density at radius 3 is 2.52 bits per heavy atom. The van der Waals surface area contributed by atoms with Crippen molar-refractivity contribution in [3.63, 3.8) is 0 Å². The number of piperidine rings is 1. The molecular formula is C23H27N3O3. The van der Waals surface area contributed by atoms with Crippen LogP contribution in [0.2, 0.25) is 0 Å². The Kier molecular flexibility index (Phi) is 5.69. The number of H-pyrrole nitrogens is 1. The molecule has 1 saturated heterocycles. The summed E-state index contributed by atoms with van der Waals surface area (Å²) >= 11 is 0. The van der Waals surface area contributed by atoms with E-state index in [1.807, 2.05) is 55.1 Å². The third kappa shape index (κ3) is 4.06. The second-order valence-electron chi connectivity index (χ2n) is 7.23. The first-order valence-electron chi connectivity index (χ1n) is 10.3. The topological polar surface area (TPSA) is 67.5 Å². The zero-order chi connectivity index (χ0) is 20.2. The number of carbonyl (C=O) groups excluding carboxylic acids is 1. The van der Waals surface area contributed by atoms with Gasteiger partial charge in [-0.2, -0.15) is 0 Å². The molecule has 0 unspecified atom stereocenters. The van der Waals surface area contributed by atoms with Gasteiger partial charge in [-0.15, -0.1) is 0 Å². The van der Waals surface area contributed by atoms with E-state index in [1.165, 1.54) is 0 Å². The van der Waals surface area contributed by atoms with Gasteiger partial charge in [0.05, 0.1) is 24.2 Å². The lowest BCUT2D eigenvalue weighted by Gasteiger charge is -2.31. The molecule has 0 aliphatic carbocycles. The van der Waals surface area contributed by atoms with E-state index in [4.69, 9.17) is 14.5 Å². The van der Waals surface area contributed by atoms with Gasteiger partial charge in [-0.05, 0) is 57.0 Å². The van der Waals surface area contributed by atoms with Crippen molar-refractivity contribution in [1.82, 2.24) is 14.9 Å². The van der Waals surface area contributed by atoms with Crippen molar-refractivity contribution in [2.24, 2.45) is 0 Å². The maximum atomic E-state index is 13.0. The van der Waals surface area contributed by atoms with Crippen LogP contribution in [0.5, 0.6) is 11.5 Å². The first-order valence-corrected chi connectivity index (χ1v) is 10.3. The van der Waals surface area contributed by atoms with Crippen LogP contribution in [0.4, 0.5) is 0 Å². The highest BCUT2D eigenvalue weighted by Crippen LogP contribution is 2.31. The van der Waals surface area contributed by atoms with E-state index in [0.717, 1.165) is 42.8 Å². The minimum Gasteiger partial charge on any atom is -0.490 e. The van der Waals surface area contributed by atoms with Crippen LogP contribution in [-0.4, -0.2) is 47.1 Å². The Hall–Kier alpha value is -3.02. The van der Waals surface area contributed by atoms with Gasteiger partial charge in [0.15, 0.2) is 11.5 Å². The molecule has 0 spiro atoms. The molecule has 0 bridgehead atoms. The van der Waals surface area contributed by atoms with Crippen LogP contribution in [0.1, 0.15) is 48.8 Å². The van der Waals surface area contributed by atoms with E-state index in [-0.39, 0.29) is 5.91 Å². The number of para-hydroxylation sites is 2. The summed E-state index contributed by atoms with van der Waals surface area (Å²) in [5.41, 5.74) is 2.71. The highest BCUT2D eigenvalue weighted by Gasteiger charge is 2.27. The van der Waals surface area contributed by atoms with Gasteiger partial charge in [0.1, 0.15) is 5.82 Å². The van der Waals surface area contributed by atoms with E-state index in [0.29, 0.717) is 36.2 Å². The van der Waals surface area contributed by atoms with Crippen molar-refractivity contribution in [2.75, 3.05) is 26.3 Å². The minimum atomic E-state index is 0.0389. The Balaban J connectivity index is 1.44. The summed E-state index contributed by atoms with van der Waals surface area (Å²) in [7, 11) is 0. The Morgan fingerprint density at radius 1 is 1.07 bits per heavy atom. The largest absolute Gasteiger partial charge is 0.490 e. The van der Waals surface area contributed by atoms with Gasteiger partial charge in [0, 0.05) is 24.6 Å². The fraction of sp³-hybridized carbons (Fsp3) is 0.391. The number of imidazole rings is 1. The molecule has 2 aromatic carbocycles. The van der Waals surface area contributed by atoms with Crippen molar-refractivity contribution in [3.8, 4) is 11.5 Å². The quantitative estimate of drug-likeness (QED) is 0.675. The lowest BCUT2D eigenvalue weighted by molar-refractivity contribution is 0.0710. The average Bonchev–Trinajstić information content (AvgIpc) is 3.19. The number of hydrogen-bond acceptors (Lipinski definition) is 4. The molecule has 3 aromatic rings. The molecule has 6 heteroatoms. The van der Waals surface area contributed by atoms with E-state index in [9.17, 15) is 4.79 Å². The Morgan fingerprint density at radius 2 is 1.79 bits per heavy atom. The molecule has 4 rings (SSSR count). The summed E-state index contributed by atoms with van der Waals surface area (Å²) < 4.78 is 11.3. The predicted octanol–water partition coefficient (Wildman–Crippen LogP) is 4.38. The van der Waals surface area contributed by atoms with Gasteiger partial charge in [-0.1, -0.05) is 12.1 Å². The SMILES string of the molecule is CCOc1ccc(C(=O)N2CCC(c3nc4ccccc4[nH]3)CC2)cc1OCC. The number of aromatic nitrogens is 2. The lowest BCUT2D eigenvalue weighted by Crippen LogP contribution is -2.38. The minimum absolute atomic E-state index is 0.0389. The molecule has 0 radical (unpaired) electrons. The first kappa shape index (κ1) is 19.3. The van der Waals surface area contributed by atoms with Gasteiger partial charge in [-0.25, -0.2) is 4.98 Å². The van der Waals surface area contributed by atoms with Crippen molar-refractivity contribution in [1.29, 1.82) is 0 Å². The smallest absolute Gasteiger partial charge is 0.253 e. The number of likely N-dealkylation sites (tertiary alicyclic amines) is 1.